The van der Waals surface area contributed by atoms with Crippen molar-refractivity contribution in [3.63, 3.8) is 0 Å². The number of hydroxylamine groups is 3. The molecule has 0 aromatic heterocycles. The fraction of sp³-hybridized carbons (Fsp3) is 0.526. The number of esters is 1. The van der Waals surface area contributed by atoms with Gasteiger partial charge in [0.2, 0.25) is 6.10 Å². The molecule has 0 bridgehead atoms. The molecule has 1 aliphatic rings. The zero-order valence-electron chi connectivity index (χ0n) is 18.1. The van der Waals surface area contributed by atoms with Gasteiger partial charge in [-0.3, -0.25) is 10.0 Å². The Labute approximate surface area is 192 Å². The summed E-state index contributed by atoms with van der Waals surface area (Å²) in [6.07, 6.45) is -8.17. The first-order chi connectivity index (χ1) is 15.0. The fourth-order valence-electron chi connectivity index (χ4n) is 2.89. The maximum absolute atomic E-state index is 13.7. The van der Waals surface area contributed by atoms with Gasteiger partial charge >= 0.3 is 12.1 Å². The van der Waals surface area contributed by atoms with E-state index in [2.05, 4.69) is 9.68 Å². The van der Waals surface area contributed by atoms with Crippen molar-refractivity contribution >= 4 is 23.6 Å². The molecule has 1 heterocycles. The van der Waals surface area contributed by atoms with E-state index in [-0.39, 0.29) is 16.3 Å². The van der Waals surface area contributed by atoms with Crippen molar-refractivity contribution in [1.29, 1.82) is 0 Å². The topological polar surface area (TPSA) is 130 Å². The van der Waals surface area contributed by atoms with E-state index in [0.29, 0.717) is 12.6 Å². The Kier molecular flexibility index (Phi) is 8.36. The van der Waals surface area contributed by atoms with Crippen LogP contribution in [0.3, 0.4) is 0 Å². The smallest absolute Gasteiger partial charge is 0.430 e. The largest absolute Gasteiger partial charge is 0.564 e. The Balaban J connectivity index is 2.40. The summed E-state index contributed by atoms with van der Waals surface area (Å²) < 4.78 is 51.3. The molecular weight excluding hydrogens is 477 g/mol. The first-order valence-electron chi connectivity index (χ1n) is 9.48. The van der Waals surface area contributed by atoms with Gasteiger partial charge in [0, 0.05) is 10.6 Å². The van der Waals surface area contributed by atoms with Gasteiger partial charge in [0.1, 0.15) is 19.4 Å². The number of quaternary nitrogens is 1. The second kappa shape index (κ2) is 10.1. The number of nitrogens with one attached hydrogen (secondary N) is 1. The highest BCUT2D eigenvalue weighted by Gasteiger charge is 2.49. The number of ether oxygens (including phenoxy) is 2. The van der Waals surface area contributed by atoms with Gasteiger partial charge in [0.15, 0.2) is 12.7 Å². The van der Waals surface area contributed by atoms with E-state index in [1.54, 1.807) is 0 Å². The van der Waals surface area contributed by atoms with Crippen molar-refractivity contribution in [2.24, 2.45) is 0 Å². The summed E-state index contributed by atoms with van der Waals surface area (Å²) in [5.74, 6) is -1.57. The molecule has 0 saturated carbocycles. The number of alkyl halides is 3. The number of carbonyl (C=O) groups is 1. The summed E-state index contributed by atoms with van der Waals surface area (Å²) in [6, 6.07) is 2.77. The highest BCUT2D eigenvalue weighted by Crippen LogP contribution is 2.42. The Bertz CT molecular complexity index is 897. The van der Waals surface area contributed by atoms with E-state index >= 15 is 0 Å². The van der Waals surface area contributed by atoms with Gasteiger partial charge in [-0.25, -0.2) is 4.79 Å². The highest BCUT2D eigenvalue weighted by atomic mass is 35.5. The normalized spacial score (nSPS) is 19.1. The van der Waals surface area contributed by atoms with E-state index in [4.69, 9.17) is 31.5 Å². The van der Waals surface area contributed by atoms with Gasteiger partial charge in [-0.05, 0) is 29.2 Å². The quantitative estimate of drug-likeness (QED) is 0.279. The molecule has 1 aromatic rings. The summed E-state index contributed by atoms with van der Waals surface area (Å²) in [7, 11) is 0.688. The molecule has 0 fully saturated rings. The van der Waals surface area contributed by atoms with Gasteiger partial charge < -0.3 is 14.7 Å². The average molecular weight is 501 g/mol. The minimum absolute atomic E-state index is 0.115. The van der Waals surface area contributed by atoms with E-state index < -0.39 is 53.5 Å². The molecule has 0 spiro atoms. The number of carbonyl (C=O) groups excluding carboxylic acids is 1. The van der Waals surface area contributed by atoms with Crippen molar-refractivity contribution < 1.29 is 52.5 Å². The second-order valence-corrected chi connectivity index (χ2v) is 8.69. The monoisotopic (exact) mass is 500 g/mol. The number of rotatable bonds is 8. The molecule has 2 rings (SSSR count). The van der Waals surface area contributed by atoms with Gasteiger partial charge in [-0.2, -0.15) is 23.2 Å². The van der Waals surface area contributed by atoms with Gasteiger partial charge in [0.05, 0.1) is 5.57 Å². The van der Waals surface area contributed by atoms with E-state index in [1.807, 2.05) is 20.8 Å². The Morgan fingerprint density at radius 3 is 2.48 bits per heavy atom. The standard InChI is InChI=1S/C19H24ClF3N2O8/c1-18(2,3)13-7-15-10(6-14(13)20)5-12(16(33-15)19(21,22)23)17(26)32-11(8-30-24-27)9-31-25(4,28)29/h5-7,11,16,24,27-28H,8-9H2,1-4H3/t11?,16-/m0/s1. The van der Waals surface area contributed by atoms with Crippen molar-refractivity contribution in [2.45, 2.75) is 44.6 Å². The number of hydrogen-bond acceptors (Lipinski definition) is 9. The van der Waals surface area contributed by atoms with Crippen LogP contribution in [-0.4, -0.2) is 60.0 Å². The summed E-state index contributed by atoms with van der Waals surface area (Å²) in [5, 5.41) is 29.0. The molecule has 2 unspecified atom stereocenters. The number of hydrogen-bond donors (Lipinski definition) is 3. The van der Waals surface area contributed by atoms with Gasteiger partial charge in [-0.1, -0.05) is 43.0 Å². The first kappa shape index (κ1) is 27.3. The van der Waals surface area contributed by atoms with Gasteiger partial charge in [0.25, 0.3) is 0 Å². The minimum atomic E-state index is -4.98. The Hall–Kier alpha value is -1.97. The molecule has 10 nitrogen and oxygen atoms in total. The molecule has 0 amide bonds. The maximum Gasteiger partial charge on any atom is 0.430 e. The van der Waals surface area contributed by atoms with Crippen LogP contribution in [0.2, 0.25) is 5.02 Å². The van der Waals surface area contributed by atoms with Crippen LogP contribution in [-0.2, 0) is 24.6 Å². The Morgan fingerprint density at radius 2 is 1.97 bits per heavy atom. The lowest BCUT2D eigenvalue weighted by atomic mass is 9.85. The summed E-state index contributed by atoms with van der Waals surface area (Å²) in [6.45, 7) is 4.07. The molecule has 1 aromatic carbocycles. The van der Waals surface area contributed by atoms with Crippen LogP contribution in [0, 0.1) is 5.21 Å². The zero-order valence-corrected chi connectivity index (χ0v) is 18.9. The van der Waals surface area contributed by atoms with Crippen molar-refractivity contribution in [2.75, 3.05) is 20.3 Å². The highest BCUT2D eigenvalue weighted by molar-refractivity contribution is 6.31. The molecule has 186 valence electrons. The molecular formula is C19H24ClF3N2O8. The van der Waals surface area contributed by atoms with Gasteiger partial charge in [-0.15, -0.1) is 0 Å². The maximum atomic E-state index is 13.7. The molecule has 14 heteroatoms. The number of nitrogens with zero attached hydrogens (tertiary/aromatic N) is 1. The lowest BCUT2D eigenvalue weighted by molar-refractivity contribution is -1.20. The molecule has 1 aliphatic heterocycles. The number of halogens is 4. The molecule has 0 radical (unpaired) electrons. The van der Waals surface area contributed by atoms with Crippen molar-refractivity contribution in [3.05, 3.63) is 39.1 Å². The lowest BCUT2D eigenvalue weighted by Crippen LogP contribution is -2.43. The predicted molar refractivity (Wildman–Crippen MR) is 107 cm³/mol. The van der Waals surface area contributed by atoms with E-state index in [1.165, 1.54) is 17.8 Å². The first-order valence-corrected chi connectivity index (χ1v) is 9.86. The third-order valence-corrected chi connectivity index (χ3v) is 4.70. The number of fused-ring (bicyclic) bond motifs is 1. The minimum Gasteiger partial charge on any atom is -0.564 e. The average Bonchev–Trinajstić information content (AvgIpc) is 2.66. The fourth-order valence-corrected chi connectivity index (χ4v) is 3.34. The summed E-state index contributed by atoms with van der Waals surface area (Å²) >= 11 is 6.28. The second-order valence-electron chi connectivity index (χ2n) is 8.29. The van der Waals surface area contributed by atoms with Crippen LogP contribution in [0.4, 0.5) is 13.2 Å². The lowest BCUT2D eigenvalue weighted by Gasteiger charge is -2.31. The molecule has 3 atom stereocenters. The van der Waals surface area contributed by atoms with Crippen LogP contribution < -0.4 is 10.4 Å². The number of benzene rings is 1. The third kappa shape index (κ3) is 7.52. The third-order valence-electron chi connectivity index (χ3n) is 4.39. The van der Waals surface area contributed by atoms with E-state index in [9.17, 15) is 23.2 Å². The molecule has 3 N–H and O–H groups in total. The zero-order chi connectivity index (χ0) is 25.2. The predicted octanol–water partition coefficient (Wildman–Crippen LogP) is 3.43. The molecule has 0 aliphatic carbocycles. The van der Waals surface area contributed by atoms with Crippen molar-refractivity contribution in [3.8, 4) is 5.75 Å². The summed E-state index contributed by atoms with van der Waals surface area (Å²) in [4.78, 5) is 19.3. The SMILES string of the molecule is CC(C)(C)c1cc2c(cc1Cl)C=C(C(=O)OC(CONO)CO[N+](C)([O-])O)[C@@H](C(F)(F)F)O2. The van der Waals surface area contributed by atoms with Crippen LogP contribution in [0.15, 0.2) is 17.7 Å². The van der Waals surface area contributed by atoms with Crippen LogP contribution in [0.5, 0.6) is 5.75 Å². The molecule has 33 heavy (non-hydrogen) atoms. The Morgan fingerprint density at radius 1 is 1.33 bits per heavy atom. The summed E-state index contributed by atoms with van der Waals surface area (Å²) in [5.41, 5.74) is 0.596. The van der Waals surface area contributed by atoms with E-state index in [0.717, 1.165) is 6.08 Å². The van der Waals surface area contributed by atoms with Crippen LogP contribution in [0.1, 0.15) is 31.9 Å². The molecule has 0 saturated heterocycles. The van der Waals surface area contributed by atoms with Crippen LogP contribution >= 0.6 is 11.6 Å². The van der Waals surface area contributed by atoms with Crippen LogP contribution in [0.25, 0.3) is 6.08 Å². The van der Waals surface area contributed by atoms with Crippen molar-refractivity contribution in [1.82, 2.24) is 5.64 Å².